The first-order valence-corrected chi connectivity index (χ1v) is 27.6. The van der Waals surface area contributed by atoms with Gasteiger partial charge in [0.15, 0.2) is 16.6 Å². The molecule has 0 aromatic carbocycles. The summed E-state index contributed by atoms with van der Waals surface area (Å²) in [6.45, 7) is 30.5. The van der Waals surface area contributed by atoms with E-state index in [2.05, 4.69) is 79.0 Å². The summed E-state index contributed by atoms with van der Waals surface area (Å²) in [6, 6.07) is 2.14. The van der Waals surface area contributed by atoms with Crippen LogP contribution < -0.4 is 0 Å². The minimum absolute atomic E-state index is 0.248. The summed E-state index contributed by atoms with van der Waals surface area (Å²) >= 11 is 0. The van der Waals surface area contributed by atoms with Gasteiger partial charge in [-0.05, 0) is 90.9 Å². The minimum Gasteiger partial charge on any atom is -0.460 e. The van der Waals surface area contributed by atoms with E-state index in [1.807, 2.05) is 0 Å². The van der Waals surface area contributed by atoms with Crippen molar-refractivity contribution in [3.05, 3.63) is 12.2 Å². The Morgan fingerprint density at radius 1 is 0.657 bits per heavy atom. The molecule has 0 spiro atoms. The third kappa shape index (κ3) is 18.1. The highest BCUT2D eigenvalue weighted by Crippen LogP contribution is 2.28. The van der Waals surface area contributed by atoms with Crippen LogP contribution in [0.15, 0.2) is 12.2 Å². The van der Waals surface area contributed by atoms with Crippen molar-refractivity contribution < 1.29 is 30.7 Å². The van der Waals surface area contributed by atoms with Crippen LogP contribution in [-0.2, 0) is 30.7 Å². The second kappa shape index (κ2) is 14.9. The molecule has 0 heterocycles. The van der Waals surface area contributed by atoms with Crippen molar-refractivity contribution in [1.29, 1.82) is 0 Å². The molecule has 7 nitrogen and oxygen atoms in total. The zero-order valence-corrected chi connectivity index (χ0v) is 29.7. The Bertz CT molecular complexity index is 667. The van der Waals surface area contributed by atoms with Crippen LogP contribution in [0.2, 0.25) is 77.6 Å². The van der Waals surface area contributed by atoms with Gasteiger partial charge in [-0.1, -0.05) is 26.3 Å². The van der Waals surface area contributed by atoms with Crippen molar-refractivity contribution in [3.63, 3.8) is 0 Å². The molecule has 0 aliphatic carbocycles. The Balaban J connectivity index is 4.62. The highest BCUT2D eigenvalue weighted by molar-refractivity contribution is 6.90. The summed E-state index contributed by atoms with van der Waals surface area (Å²) in [5.41, 5.74) is 0.400. The van der Waals surface area contributed by atoms with Crippen LogP contribution >= 0.6 is 0 Å². The molecule has 0 aromatic rings. The molecule has 208 valence electrons. The number of hydrogen-bond donors (Lipinski definition) is 0. The molecular formula is C23H54O7Si5. The topological polar surface area (TPSA) is 72.5 Å². The van der Waals surface area contributed by atoms with Gasteiger partial charge in [0, 0.05) is 12.2 Å². The average molecular weight is 583 g/mol. The zero-order valence-electron chi connectivity index (χ0n) is 24.7. The summed E-state index contributed by atoms with van der Waals surface area (Å²) in [6.07, 6.45) is 3.31. The molecule has 0 rings (SSSR count). The largest absolute Gasteiger partial charge is 0.460 e. The maximum absolute atomic E-state index is 11.4. The lowest BCUT2D eigenvalue weighted by atomic mass is 10.4. The van der Waals surface area contributed by atoms with E-state index in [0.29, 0.717) is 18.8 Å². The normalized spacial score (nSPS) is 13.7. The lowest BCUT2D eigenvalue weighted by molar-refractivity contribution is -0.140. The quantitative estimate of drug-likeness (QED) is 0.0710. The monoisotopic (exact) mass is 582 g/mol. The second-order valence-corrected chi connectivity index (χ2v) is 31.6. The van der Waals surface area contributed by atoms with E-state index >= 15 is 0 Å². The Kier molecular flexibility index (Phi) is 14.9. The van der Waals surface area contributed by atoms with Crippen molar-refractivity contribution in [2.45, 2.75) is 111 Å². The van der Waals surface area contributed by atoms with Gasteiger partial charge in [0.05, 0.1) is 6.61 Å². The van der Waals surface area contributed by atoms with Crippen molar-refractivity contribution in [3.8, 4) is 0 Å². The van der Waals surface area contributed by atoms with Gasteiger partial charge in [0.1, 0.15) is 6.61 Å². The first-order chi connectivity index (χ1) is 15.7. The maximum atomic E-state index is 11.4. The predicted octanol–water partition coefficient (Wildman–Crippen LogP) is 6.89. The lowest BCUT2D eigenvalue weighted by Gasteiger charge is -2.42. The van der Waals surface area contributed by atoms with Crippen LogP contribution in [0.25, 0.3) is 0 Å². The number of rotatable bonds is 19. The standard InChI is InChI=1S/C23H54O7Si5/c1-14-15-20-31(4,5)27-33(8,9)29-35(12,13)30-34(10,11)28-32(6,7)21-16-17-25-18-19-26-23(24)22(2)3/h2,14-21H2,1,3-13H3. The highest BCUT2D eigenvalue weighted by atomic mass is 28.5. The van der Waals surface area contributed by atoms with E-state index in [1.165, 1.54) is 18.9 Å². The van der Waals surface area contributed by atoms with Crippen LogP contribution in [0.1, 0.15) is 33.1 Å². The van der Waals surface area contributed by atoms with Gasteiger partial charge in [-0.2, -0.15) is 0 Å². The van der Waals surface area contributed by atoms with Crippen molar-refractivity contribution in [1.82, 2.24) is 0 Å². The number of carbonyl (C=O) groups excluding carboxylic acids is 1. The van der Waals surface area contributed by atoms with Gasteiger partial charge >= 0.3 is 31.7 Å². The summed E-state index contributed by atoms with van der Waals surface area (Å²) < 4.78 is 37.2. The first-order valence-electron chi connectivity index (χ1n) is 12.9. The maximum Gasteiger partial charge on any atom is 0.333 e. The summed E-state index contributed by atoms with van der Waals surface area (Å²) in [4.78, 5) is 11.4. The molecular weight excluding hydrogens is 529 g/mol. The van der Waals surface area contributed by atoms with Crippen LogP contribution in [0, 0.1) is 0 Å². The molecule has 0 N–H and O–H groups in total. The Hall–Kier alpha value is 0.0944. The van der Waals surface area contributed by atoms with Gasteiger partial charge in [0.25, 0.3) is 0 Å². The third-order valence-electron chi connectivity index (χ3n) is 5.04. The van der Waals surface area contributed by atoms with Crippen molar-refractivity contribution in [2.24, 2.45) is 0 Å². The first kappa shape index (κ1) is 35.1. The average Bonchev–Trinajstić information content (AvgIpc) is 2.61. The molecule has 0 radical (unpaired) electrons. The molecule has 35 heavy (non-hydrogen) atoms. The summed E-state index contributed by atoms with van der Waals surface area (Å²) in [5, 5.41) is 0. The van der Waals surface area contributed by atoms with Gasteiger partial charge in [-0.3, -0.25) is 0 Å². The predicted molar refractivity (Wildman–Crippen MR) is 157 cm³/mol. The third-order valence-corrected chi connectivity index (χ3v) is 24.4. The Morgan fingerprint density at radius 2 is 1.09 bits per heavy atom. The molecule has 0 aliphatic rings. The molecule has 0 atom stereocenters. The van der Waals surface area contributed by atoms with E-state index in [0.717, 1.165) is 12.5 Å². The summed E-state index contributed by atoms with van der Waals surface area (Å²) in [7, 11) is -10.8. The van der Waals surface area contributed by atoms with E-state index in [-0.39, 0.29) is 12.6 Å². The number of hydrogen-bond acceptors (Lipinski definition) is 7. The SMILES string of the molecule is C=C(C)C(=O)OCCOCCC[Si](C)(C)O[Si](C)(C)O[Si](C)(C)O[Si](C)(C)O[Si](C)(C)CCCC. The summed E-state index contributed by atoms with van der Waals surface area (Å²) in [5.74, 6) is -0.377. The Morgan fingerprint density at radius 3 is 1.51 bits per heavy atom. The van der Waals surface area contributed by atoms with E-state index in [4.69, 9.17) is 25.9 Å². The fourth-order valence-electron chi connectivity index (χ4n) is 4.30. The number of ether oxygens (including phenoxy) is 2. The number of esters is 1. The molecule has 0 aliphatic heterocycles. The van der Waals surface area contributed by atoms with Gasteiger partial charge in [-0.15, -0.1) is 0 Å². The minimum atomic E-state index is -2.43. The molecule has 0 bridgehead atoms. The van der Waals surface area contributed by atoms with Gasteiger partial charge in [-0.25, -0.2) is 4.79 Å². The van der Waals surface area contributed by atoms with Crippen LogP contribution in [-0.4, -0.2) is 68.1 Å². The van der Waals surface area contributed by atoms with Crippen LogP contribution in [0.4, 0.5) is 0 Å². The molecule has 0 amide bonds. The number of carbonyl (C=O) groups is 1. The van der Waals surface area contributed by atoms with Crippen molar-refractivity contribution >= 4 is 48.3 Å². The molecule has 0 unspecified atom stereocenters. The van der Waals surface area contributed by atoms with Gasteiger partial charge < -0.3 is 25.9 Å². The van der Waals surface area contributed by atoms with Gasteiger partial charge in [0.2, 0.25) is 0 Å². The second-order valence-electron chi connectivity index (χ2n) is 11.9. The fraction of sp³-hybridized carbons (Fsp3) is 0.870. The van der Waals surface area contributed by atoms with E-state index < -0.39 is 42.3 Å². The van der Waals surface area contributed by atoms with Crippen molar-refractivity contribution in [2.75, 3.05) is 19.8 Å². The molecule has 12 heteroatoms. The lowest BCUT2D eigenvalue weighted by Crippen LogP contribution is -2.58. The van der Waals surface area contributed by atoms with E-state index in [1.54, 1.807) is 6.92 Å². The molecule has 0 aromatic heterocycles. The van der Waals surface area contributed by atoms with E-state index in [9.17, 15) is 4.79 Å². The fourth-order valence-corrected chi connectivity index (χ4v) is 29.1. The molecule has 0 saturated heterocycles. The zero-order chi connectivity index (χ0) is 27.6. The Labute approximate surface area is 221 Å². The molecule has 0 saturated carbocycles. The molecule has 0 fully saturated rings. The smallest absolute Gasteiger partial charge is 0.333 e. The van der Waals surface area contributed by atoms with Crippen LogP contribution in [0.3, 0.4) is 0 Å². The van der Waals surface area contributed by atoms with Crippen LogP contribution in [0.5, 0.6) is 0 Å². The highest BCUT2D eigenvalue weighted by Gasteiger charge is 2.45. The number of unbranched alkanes of at least 4 members (excludes halogenated alkanes) is 1.